The zero-order valence-electron chi connectivity index (χ0n) is 15.4. The third-order valence-electron chi connectivity index (χ3n) is 2.87. The zero-order chi connectivity index (χ0) is 19.6. The Morgan fingerprint density at radius 2 is 2.00 bits per heavy atom. The standard InChI is InChI=1S/C17H25N2O4PS2/c1-5-6-11-22-15-7-9-16(10-8-15)26-24(25,19-14(3)18)23-13(2)12-17(20)21-4/h7-10,12H,5-6,11H2,1-4H3,(H2,18,19,25). The van der Waals surface area contributed by atoms with Crippen molar-refractivity contribution >= 4 is 40.6 Å². The molecule has 26 heavy (non-hydrogen) atoms. The summed E-state index contributed by atoms with van der Waals surface area (Å²) in [6.45, 7) is 6.09. The van der Waals surface area contributed by atoms with Crippen LogP contribution < -0.4 is 10.5 Å². The van der Waals surface area contributed by atoms with Gasteiger partial charge in [0.05, 0.1) is 25.6 Å². The molecular weight excluding hydrogens is 391 g/mol. The van der Waals surface area contributed by atoms with E-state index in [9.17, 15) is 4.79 Å². The molecule has 0 bridgehead atoms. The van der Waals surface area contributed by atoms with Crippen molar-refractivity contribution in [2.24, 2.45) is 10.5 Å². The van der Waals surface area contributed by atoms with Crippen molar-refractivity contribution < 1.29 is 18.8 Å². The molecule has 0 amide bonds. The summed E-state index contributed by atoms with van der Waals surface area (Å²) in [4.78, 5) is 12.2. The Morgan fingerprint density at radius 1 is 1.35 bits per heavy atom. The van der Waals surface area contributed by atoms with Crippen molar-refractivity contribution in [3.63, 3.8) is 0 Å². The fraction of sp³-hybridized carbons (Fsp3) is 0.412. The lowest BCUT2D eigenvalue weighted by atomic mass is 10.3. The summed E-state index contributed by atoms with van der Waals surface area (Å²) in [5, 5.41) is 0. The molecular formula is C17H25N2O4PS2. The van der Waals surface area contributed by atoms with Gasteiger partial charge in [-0.15, -0.1) is 0 Å². The number of hydrogen-bond acceptors (Lipinski definition) is 6. The summed E-state index contributed by atoms with van der Waals surface area (Å²) in [7, 11) is 1.29. The number of nitrogens with two attached hydrogens (primary N) is 1. The second-order valence-electron chi connectivity index (χ2n) is 5.34. The minimum Gasteiger partial charge on any atom is -0.494 e. The molecule has 0 heterocycles. The number of benzene rings is 1. The fourth-order valence-corrected chi connectivity index (χ4v) is 6.85. The van der Waals surface area contributed by atoms with Crippen LogP contribution in [0.2, 0.25) is 0 Å². The average Bonchev–Trinajstić information content (AvgIpc) is 2.55. The Balaban J connectivity index is 2.90. The molecule has 6 nitrogen and oxygen atoms in total. The number of carbonyl (C=O) groups is 1. The van der Waals surface area contributed by atoms with Gasteiger partial charge in [-0.1, -0.05) is 13.3 Å². The number of methoxy groups -OCH3 is 1. The highest BCUT2D eigenvalue weighted by Crippen LogP contribution is 2.65. The first kappa shape index (κ1) is 22.5. The number of allylic oxidation sites excluding steroid dienone is 1. The molecule has 1 aromatic rings. The number of hydrogen-bond donors (Lipinski definition) is 1. The highest BCUT2D eigenvalue weighted by Gasteiger charge is 2.21. The number of ether oxygens (including phenoxy) is 2. The number of rotatable bonds is 10. The monoisotopic (exact) mass is 416 g/mol. The van der Waals surface area contributed by atoms with Crippen LogP contribution in [0.1, 0.15) is 33.6 Å². The van der Waals surface area contributed by atoms with Crippen molar-refractivity contribution in [1.82, 2.24) is 0 Å². The van der Waals surface area contributed by atoms with E-state index < -0.39 is 11.6 Å². The summed E-state index contributed by atoms with van der Waals surface area (Å²) in [5.41, 5.74) is 2.95. The highest BCUT2D eigenvalue weighted by atomic mass is 32.9. The smallest absolute Gasteiger partial charge is 0.333 e. The summed E-state index contributed by atoms with van der Waals surface area (Å²) in [5.74, 6) is 0.941. The third kappa shape index (κ3) is 8.74. The lowest BCUT2D eigenvalue weighted by Gasteiger charge is -2.19. The van der Waals surface area contributed by atoms with Gasteiger partial charge in [-0.3, -0.25) is 0 Å². The quantitative estimate of drug-likeness (QED) is 0.113. The van der Waals surface area contributed by atoms with Gasteiger partial charge in [0, 0.05) is 4.90 Å². The van der Waals surface area contributed by atoms with E-state index in [1.165, 1.54) is 24.6 Å². The Bertz CT molecular complexity index is 701. The van der Waals surface area contributed by atoms with Crippen LogP contribution in [0, 0.1) is 0 Å². The van der Waals surface area contributed by atoms with Crippen molar-refractivity contribution in [2.45, 2.75) is 38.5 Å². The summed E-state index contributed by atoms with van der Waals surface area (Å²) in [6, 6.07) is 7.57. The highest BCUT2D eigenvalue weighted by molar-refractivity contribution is 8.69. The molecule has 0 aromatic heterocycles. The molecule has 0 aliphatic heterocycles. The molecule has 0 aliphatic rings. The average molecular weight is 417 g/mol. The van der Waals surface area contributed by atoms with Gasteiger partial charge in [-0.25, -0.2) is 4.79 Å². The van der Waals surface area contributed by atoms with E-state index in [2.05, 4.69) is 16.4 Å². The van der Waals surface area contributed by atoms with Gasteiger partial charge in [0.15, 0.2) is 0 Å². The van der Waals surface area contributed by atoms with Crippen LogP contribution in [0.25, 0.3) is 0 Å². The van der Waals surface area contributed by atoms with Crippen molar-refractivity contribution in [1.29, 1.82) is 0 Å². The van der Waals surface area contributed by atoms with Gasteiger partial charge in [0.1, 0.15) is 11.5 Å². The Hall–Kier alpha value is -1.50. The first-order valence-electron chi connectivity index (χ1n) is 8.08. The molecule has 0 saturated heterocycles. The normalized spacial score (nSPS) is 14.5. The lowest BCUT2D eigenvalue weighted by molar-refractivity contribution is -0.135. The second-order valence-corrected chi connectivity index (χ2v) is 11.5. The molecule has 144 valence electrons. The second kappa shape index (κ2) is 11.3. The molecule has 1 atom stereocenters. The van der Waals surface area contributed by atoms with Crippen LogP contribution in [0.3, 0.4) is 0 Å². The van der Waals surface area contributed by atoms with Gasteiger partial charge in [0.25, 0.3) is 5.62 Å². The van der Waals surface area contributed by atoms with E-state index in [0.29, 0.717) is 18.2 Å². The Kier molecular flexibility index (Phi) is 9.76. The number of carbonyl (C=O) groups excluding carboxylic acids is 1. The number of esters is 1. The van der Waals surface area contributed by atoms with E-state index in [0.717, 1.165) is 23.5 Å². The maximum Gasteiger partial charge on any atom is 0.333 e. The summed E-state index contributed by atoms with van der Waals surface area (Å²) >= 11 is 6.91. The third-order valence-corrected chi connectivity index (χ3v) is 7.60. The zero-order valence-corrected chi connectivity index (χ0v) is 18.0. The van der Waals surface area contributed by atoms with Crippen molar-refractivity contribution in [3.05, 3.63) is 36.1 Å². The van der Waals surface area contributed by atoms with E-state index in [1.54, 1.807) is 13.8 Å². The SMILES string of the molecule is CCCCOc1ccc(SP(=S)(N=C(C)N)OC(C)=CC(=O)OC)cc1. The van der Waals surface area contributed by atoms with E-state index in [1.807, 2.05) is 24.3 Å². The van der Waals surface area contributed by atoms with Gasteiger partial charge in [-0.2, -0.15) is 4.76 Å². The summed E-state index contributed by atoms with van der Waals surface area (Å²) in [6.07, 6.45) is 3.33. The molecule has 1 unspecified atom stereocenters. The molecule has 0 radical (unpaired) electrons. The van der Waals surface area contributed by atoms with E-state index in [4.69, 9.17) is 26.8 Å². The predicted molar refractivity (Wildman–Crippen MR) is 111 cm³/mol. The van der Waals surface area contributed by atoms with Gasteiger partial charge in [0.2, 0.25) is 0 Å². The molecule has 1 rings (SSSR count). The molecule has 0 spiro atoms. The van der Waals surface area contributed by atoms with Crippen molar-refractivity contribution in [3.8, 4) is 5.75 Å². The molecule has 0 aliphatic carbocycles. The van der Waals surface area contributed by atoms with Crippen LogP contribution in [0.5, 0.6) is 5.75 Å². The number of nitrogens with zero attached hydrogens (tertiary/aromatic N) is 1. The van der Waals surface area contributed by atoms with Crippen LogP contribution in [0.4, 0.5) is 0 Å². The number of amidine groups is 1. The molecule has 1 aromatic carbocycles. The Labute approximate surface area is 164 Å². The minimum atomic E-state index is -2.77. The van der Waals surface area contributed by atoms with Crippen LogP contribution in [-0.4, -0.2) is 25.5 Å². The molecule has 9 heteroatoms. The van der Waals surface area contributed by atoms with Gasteiger partial charge in [-0.05, 0) is 67.7 Å². The minimum absolute atomic E-state index is 0.325. The summed E-state index contributed by atoms with van der Waals surface area (Å²) < 4.78 is 20.3. The van der Waals surface area contributed by atoms with E-state index >= 15 is 0 Å². The molecule has 0 fully saturated rings. The largest absolute Gasteiger partial charge is 0.494 e. The first-order chi connectivity index (χ1) is 12.3. The van der Waals surface area contributed by atoms with Gasteiger partial charge >= 0.3 is 5.97 Å². The predicted octanol–water partition coefficient (Wildman–Crippen LogP) is 4.65. The fourth-order valence-electron chi connectivity index (χ4n) is 1.75. The van der Waals surface area contributed by atoms with Crippen LogP contribution >= 0.6 is 17.0 Å². The maximum absolute atomic E-state index is 11.4. The van der Waals surface area contributed by atoms with Gasteiger partial charge < -0.3 is 19.7 Å². The van der Waals surface area contributed by atoms with Crippen LogP contribution in [0.15, 0.2) is 45.8 Å². The molecule has 2 N–H and O–H groups in total. The lowest BCUT2D eigenvalue weighted by Crippen LogP contribution is -2.05. The number of unbranched alkanes of at least 4 members (excludes halogenated alkanes) is 1. The topological polar surface area (TPSA) is 83.1 Å². The first-order valence-corrected chi connectivity index (χ1v) is 12.2. The van der Waals surface area contributed by atoms with E-state index in [-0.39, 0.29) is 0 Å². The van der Waals surface area contributed by atoms with Crippen LogP contribution in [-0.2, 0) is 25.9 Å². The Morgan fingerprint density at radius 3 is 2.54 bits per heavy atom. The maximum atomic E-state index is 11.4. The van der Waals surface area contributed by atoms with Crippen molar-refractivity contribution in [2.75, 3.05) is 13.7 Å². The molecule has 0 saturated carbocycles.